The normalized spacial score (nSPS) is 13.8. The topological polar surface area (TPSA) is 275 Å². The number of carboxylic acid groups (broad SMARTS) is 2. The molecule has 0 bridgehead atoms. The number of para-hydroxylation sites is 1. The number of carbonyl (C=O) groups is 6. The number of amides is 4. The number of imidazole rings is 1. The summed E-state index contributed by atoms with van der Waals surface area (Å²) in [4.78, 5) is 83.2. The molecule has 0 radical (unpaired) electrons. The second-order valence-electron chi connectivity index (χ2n) is 9.58. The van der Waals surface area contributed by atoms with Crippen molar-refractivity contribution in [1.29, 1.82) is 0 Å². The van der Waals surface area contributed by atoms with Gasteiger partial charge in [0.1, 0.15) is 18.1 Å². The van der Waals surface area contributed by atoms with Gasteiger partial charge >= 0.3 is 11.9 Å². The van der Waals surface area contributed by atoms with Crippen LogP contribution in [-0.4, -0.2) is 84.9 Å². The van der Waals surface area contributed by atoms with Gasteiger partial charge < -0.3 is 47.6 Å². The number of benzene rings is 1. The predicted octanol–water partition coefficient (Wildman–Crippen LogP) is -1.72. The van der Waals surface area contributed by atoms with Crippen molar-refractivity contribution >= 4 is 46.5 Å². The molecule has 0 aliphatic heterocycles. The second-order valence-corrected chi connectivity index (χ2v) is 9.58. The van der Waals surface area contributed by atoms with Crippen molar-refractivity contribution in [2.75, 3.05) is 0 Å². The lowest BCUT2D eigenvalue weighted by atomic mass is 10.0. The Hall–Kier alpha value is -5.25. The number of rotatable bonds is 16. The highest BCUT2D eigenvalue weighted by Crippen LogP contribution is 2.19. The molecular formula is C26H32N8O8. The predicted molar refractivity (Wildman–Crippen MR) is 146 cm³/mol. The Morgan fingerprint density at radius 1 is 0.881 bits per heavy atom. The quantitative estimate of drug-likeness (QED) is 0.0918. The molecule has 224 valence electrons. The van der Waals surface area contributed by atoms with Gasteiger partial charge in [0.25, 0.3) is 0 Å². The monoisotopic (exact) mass is 584 g/mol. The summed E-state index contributed by atoms with van der Waals surface area (Å²) in [5.41, 5.74) is 12.6. The zero-order chi connectivity index (χ0) is 30.8. The van der Waals surface area contributed by atoms with Crippen LogP contribution >= 0.6 is 0 Å². The maximum Gasteiger partial charge on any atom is 0.326 e. The third kappa shape index (κ3) is 8.88. The Morgan fingerprint density at radius 3 is 2.14 bits per heavy atom. The van der Waals surface area contributed by atoms with Gasteiger partial charge in [0.05, 0.1) is 18.8 Å². The Labute approximate surface area is 238 Å². The first-order chi connectivity index (χ1) is 19.9. The number of fused-ring (bicyclic) bond motifs is 1. The lowest BCUT2D eigenvalue weighted by molar-refractivity contribution is -0.142. The Morgan fingerprint density at radius 2 is 1.52 bits per heavy atom. The van der Waals surface area contributed by atoms with Gasteiger partial charge in [-0.1, -0.05) is 18.2 Å². The van der Waals surface area contributed by atoms with Gasteiger partial charge in [-0.2, -0.15) is 0 Å². The van der Waals surface area contributed by atoms with Gasteiger partial charge in [-0.15, -0.1) is 0 Å². The lowest BCUT2D eigenvalue weighted by Gasteiger charge is -2.25. The Kier molecular flexibility index (Phi) is 10.7. The highest BCUT2D eigenvalue weighted by Gasteiger charge is 2.32. The van der Waals surface area contributed by atoms with Crippen LogP contribution < -0.4 is 27.4 Å². The van der Waals surface area contributed by atoms with Gasteiger partial charge in [0.2, 0.25) is 23.6 Å². The van der Waals surface area contributed by atoms with E-state index < -0.39 is 66.2 Å². The van der Waals surface area contributed by atoms with Gasteiger partial charge in [0, 0.05) is 48.3 Å². The minimum Gasteiger partial charge on any atom is -0.481 e. The summed E-state index contributed by atoms with van der Waals surface area (Å²) in [5, 5.41) is 26.6. The number of H-pyrrole nitrogens is 2. The zero-order valence-corrected chi connectivity index (χ0v) is 22.3. The molecule has 42 heavy (non-hydrogen) atoms. The van der Waals surface area contributed by atoms with Crippen LogP contribution in [0.5, 0.6) is 0 Å². The van der Waals surface area contributed by atoms with Gasteiger partial charge in [-0.05, 0) is 18.1 Å². The maximum absolute atomic E-state index is 13.5. The van der Waals surface area contributed by atoms with Crippen molar-refractivity contribution in [3.8, 4) is 0 Å². The first-order valence-electron chi connectivity index (χ1n) is 12.9. The number of nitrogens with one attached hydrogen (secondary N) is 5. The summed E-state index contributed by atoms with van der Waals surface area (Å²) in [6.07, 6.45) is 2.97. The summed E-state index contributed by atoms with van der Waals surface area (Å²) >= 11 is 0. The molecule has 16 heteroatoms. The van der Waals surface area contributed by atoms with E-state index in [1.807, 2.05) is 12.1 Å². The molecule has 0 spiro atoms. The Bertz CT molecular complexity index is 1440. The minimum absolute atomic E-state index is 0.0764. The molecule has 0 aliphatic carbocycles. The fraction of sp³-hybridized carbons (Fsp3) is 0.346. The largest absolute Gasteiger partial charge is 0.481 e. The number of carbonyl (C=O) groups excluding carboxylic acids is 4. The first kappa shape index (κ1) is 31.3. The molecule has 11 N–H and O–H groups in total. The van der Waals surface area contributed by atoms with Crippen LogP contribution in [0.2, 0.25) is 0 Å². The average molecular weight is 585 g/mol. The number of carboxylic acids is 2. The van der Waals surface area contributed by atoms with E-state index in [2.05, 4.69) is 30.9 Å². The van der Waals surface area contributed by atoms with Gasteiger partial charge in [-0.3, -0.25) is 24.0 Å². The van der Waals surface area contributed by atoms with Crippen molar-refractivity contribution in [2.24, 2.45) is 11.5 Å². The lowest BCUT2D eigenvalue weighted by Crippen LogP contribution is -2.58. The third-order valence-electron chi connectivity index (χ3n) is 6.37. The van der Waals surface area contributed by atoms with Crippen LogP contribution in [0.1, 0.15) is 30.5 Å². The van der Waals surface area contributed by atoms with E-state index in [1.54, 1.807) is 18.3 Å². The summed E-state index contributed by atoms with van der Waals surface area (Å²) in [7, 11) is 0. The maximum atomic E-state index is 13.5. The molecule has 0 saturated carbocycles. The van der Waals surface area contributed by atoms with Crippen molar-refractivity contribution in [3.63, 3.8) is 0 Å². The number of nitrogens with zero attached hydrogens (tertiary/aromatic N) is 1. The van der Waals surface area contributed by atoms with Crippen molar-refractivity contribution in [3.05, 3.63) is 54.2 Å². The van der Waals surface area contributed by atoms with Crippen molar-refractivity contribution < 1.29 is 39.0 Å². The minimum atomic E-state index is -1.47. The van der Waals surface area contributed by atoms with Gasteiger partial charge in [-0.25, -0.2) is 9.78 Å². The van der Waals surface area contributed by atoms with E-state index in [0.717, 1.165) is 10.9 Å². The van der Waals surface area contributed by atoms with E-state index >= 15 is 0 Å². The zero-order valence-electron chi connectivity index (χ0n) is 22.3. The number of aliphatic carboxylic acids is 2. The number of hydrogen-bond donors (Lipinski definition) is 9. The third-order valence-corrected chi connectivity index (χ3v) is 6.37. The second kappa shape index (κ2) is 14.4. The molecule has 4 unspecified atom stereocenters. The molecule has 0 saturated heterocycles. The molecule has 16 nitrogen and oxygen atoms in total. The van der Waals surface area contributed by atoms with Crippen molar-refractivity contribution in [2.45, 2.75) is 56.3 Å². The summed E-state index contributed by atoms with van der Waals surface area (Å²) in [6, 6.07) is 1.63. The van der Waals surface area contributed by atoms with Crippen molar-refractivity contribution in [1.82, 2.24) is 30.9 Å². The summed E-state index contributed by atoms with van der Waals surface area (Å²) < 4.78 is 0. The van der Waals surface area contributed by atoms with Crippen LogP contribution in [0, 0.1) is 0 Å². The highest BCUT2D eigenvalue weighted by molar-refractivity contribution is 5.95. The van der Waals surface area contributed by atoms with E-state index in [9.17, 15) is 33.9 Å². The molecule has 0 fully saturated rings. The smallest absolute Gasteiger partial charge is 0.326 e. The van der Waals surface area contributed by atoms with Crippen LogP contribution in [-0.2, 0) is 41.6 Å². The molecule has 4 atom stereocenters. The fourth-order valence-electron chi connectivity index (χ4n) is 4.20. The number of nitrogens with two attached hydrogens (primary N) is 2. The van der Waals surface area contributed by atoms with Crippen LogP contribution in [0.25, 0.3) is 10.9 Å². The Balaban J connectivity index is 1.88. The number of aromatic nitrogens is 3. The number of aromatic amines is 2. The molecule has 1 aromatic carbocycles. The van der Waals surface area contributed by atoms with Crippen LogP contribution in [0.15, 0.2) is 43.0 Å². The molecule has 3 aromatic rings. The molecule has 3 rings (SSSR count). The molecule has 2 aromatic heterocycles. The van der Waals surface area contributed by atoms with E-state index in [0.29, 0.717) is 11.3 Å². The SMILES string of the molecule is NC(=O)CCC(NC(=O)C(Cc1c[nH]c2ccccc12)NC(=O)C(Cc1cnc[nH]1)NC(=O)C(N)CC(=O)O)C(=O)O. The average Bonchev–Trinajstić information content (AvgIpc) is 3.59. The number of primary amides is 1. The van der Waals surface area contributed by atoms with E-state index in [1.165, 1.54) is 12.5 Å². The standard InChI is InChI=1S/C26H32N8O8/c27-16(9-22(36)37)23(38)33-20(8-14-11-29-12-31-14)25(40)34-19(7-13-10-30-17-4-2-1-3-15(13)17)24(39)32-18(26(41)42)5-6-21(28)35/h1-4,10-12,16,18-20,30H,5-9,27H2,(H2,28,35)(H,29,31)(H,32,39)(H,33,38)(H,34,40)(H,36,37)(H,41,42). The van der Waals surface area contributed by atoms with Crippen LogP contribution in [0.3, 0.4) is 0 Å². The highest BCUT2D eigenvalue weighted by atomic mass is 16.4. The fourth-order valence-corrected chi connectivity index (χ4v) is 4.20. The van der Waals surface area contributed by atoms with Crippen LogP contribution in [0.4, 0.5) is 0 Å². The van der Waals surface area contributed by atoms with Gasteiger partial charge in [0.15, 0.2) is 0 Å². The number of hydrogen-bond acceptors (Lipinski definition) is 8. The molecule has 2 heterocycles. The van der Waals surface area contributed by atoms with E-state index in [4.69, 9.17) is 16.6 Å². The molecular weight excluding hydrogens is 552 g/mol. The molecule has 0 aliphatic rings. The first-order valence-corrected chi connectivity index (χ1v) is 12.9. The summed E-state index contributed by atoms with van der Waals surface area (Å²) in [5.74, 6) is -6.07. The summed E-state index contributed by atoms with van der Waals surface area (Å²) in [6.45, 7) is 0. The van der Waals surface area contributed by atoms with E-state index in [-0.39, 0.29) is 25.7 Å². The molecule has 4 amide bonds.